The van der Waals surface area contributed by atoms with Gasteiger partial charge in [0.1, 0.15) is 17.9 Å². The molecule has 20 heavy (non-hydrogen) atoms. The van der Waals surface area contributed by atoms with Crippen molar-refractivity contribution in [3.05, 3.63) is 40.4 Å². The summed E-state index contributed by atoms with van der Waals surface area (Å²) in [6.45, 7) is 0.561. The monoisotopic (exact) mass is 314 g/mol. The standard InChI is InChI=1S/C12H12Cl2N4O2/c13-9-2-1-8(5-10(9)14)20-4-3-12(19)15-6-11-16-7-17-18-11/h1-2,5,7H,3-4,6H2,(H,15,19)(H,16,17,18). The number of hydrogen-bond donors (Lipinski definition) is 2. The zero-order chi connectivity index (χ0) is 14.4. The minimum absolute atomic E-state index is 0.138. The maximum Gasteiger partial charge on any atom is 0.223 e. The maximum absolute atomic E-state index is 11.5. The molecule has 106 valence electrons. The van der Waals surface area contributed by atoms with Crippen LogP contribution in [0.2, 0.25) is 10.0 Å². The minimum atomic E-state index is -0.138. The second-order valence-corrected chi connectivity index (χ2v) is 4.70. The fourth-order valence-electron chi connectivity index (χ4n) is 1.41. The van der Waals surface area contributed by atoms with E-state index in [0.29, 0.717) is 28.2 Å². The molecule has 0 aliphatic carbocycles. The van der Waals surface area contributed by atoms with Gasteiger partial charge in [-0.2, -0.15) is 5.10 Å². The highest BCUT2D eigenvalue weighted by molar-refractivity contribution is 6.42. The first-order valence-corrected chi connectivity index (χ1v) is 6.59. The molecule has 0 spiro atoms. The van der Waals surface area contributed by atoms with Crippen molar-refractivity contribution in [1.29, 1.82) is 0 Å². The molecule has 0 unspecified atom stereocenters. The highest BCUT2D eigenvalue weighted by Crippen LogP contribution is 2.26. The van der Waals surface area contributed by atoms with Gasteiger partial charge < -0.3 is 10.1 Å². The molecule has 0 fully saturated rings. The van der Waals surface area contributed by atoms with E-state index in [1.54, 1.807) is 18.2 Å². The number of H-pyrrole nitrogens is 1. The first-order valence-electron chi connectivity index (χ1n) is 5.84. The zero-order valence-corrected chi connectivity index (χ0v) is 11.9. The van der Waals surface area contributed by atoms with Crippen LogP contribution in [0, 0.1) is 0 Å². The number of aromatic nitrogens is 3. The van der Waals surface area contributed by atoms with Crippen LogP contribution in [0.25, 0.3) is 0 Å². The van der Waals surface area contributed by atoms with E-state index in [1.165, 1.54) is 6.33 Å². The fraction of sp³-hybridized carbons (Fsp3) is 0.250. The van der Waals surface area contributed by atoms with E-state index in [1.807, 2.05) is 0 Å². The normalized spacial score (nSPS) is 10.3. The summed E-state index contributed by atoms with van der Waals surface area (Å²) in [5.41, 5.74) is 0. The summed E-state index contributed by atoms with van der Waals surface area (Å²) in [6.07, 6.45) is 1.61. The lowest BCUT2D eigenvalue weighted by molar-refractivity contribution is -0.121. The lowest BCUT2D eigenvalue weighted by Gasteiger charge is -2.07. The average molecular weight is 315 g/mol. The molecule has 1 heterocycles. The summed E-state index contributed by atoms with van der Waals surface area (Å²) in [5.74, 6) is 1.03. The predicted molar refractivity (Wildman–Crippen MR) is 74.8 cm³/mol. The van der Waals surface area contributed by atoms with Crippen molar-refractivity contribution in [2.75, 3.05) is 6.61 Å². The smallest absolute Gasteiger partial charge is 0.223 e. The van der Waals surface area contributed by atoms with Crippen molar-refractivity contribution in [3.63, 3.8) is 0 Å². The van der Waals surface area contributed by atoms with Gasteiger partial charge in [-0.05, 0) is 12.1 Å². The Labute approximate surface area is 125 Å². The fourth-order valence-corrected chi connectivity index (χ4v) is 1.70. The quantitative estimate of drug-likeness (QED) is 0.856. The molecule has 1 aromatic heterocycles. The highest BCUT2D eigenvalue weighted by Gasteiger charge is 2.04. The SMILES string of the molecule is O=C(CCOc1ccc(Cl)c(Cl)c1)NCc1ncn[nH]1. The van der Waals surface area contributed by atoms with Crippen LogP contribution in [0.4, 0.5) is 0 Å². The van der Waals surface area contributed by atoms with E-state index in [4.69, 9.17) is 27.9 Å². The Morgan fingerprint density at radius 2 is 2.20 bits per heavy atom. The Kier molecular flexibility index (Phi) is 5.20. The third kappa shape index (κ3) is 4.40. The molecule has 0 bridgehead atoms. The third-order valence-electron chi connectivity index (χ3n) is 2.41. The molecule has 0 aliphatic heterocycles. The molecule has 2 N–H and O–H groups in total. The lowest BCUT2D eigenvalue weighted by atomic mass is 10.3. The van der Waals surface area contributed by atoms with Crippen LogP contribution >= 0.6 is 23.2 Å². The molecule has 6 nitrogen and oxygen atoms in total. The number of carbonyl (C=O) groups is 1. The number of hydrogen-bond acceptors (Lipinski definition) is 4. The van der Waals surface area contributed by atoms with Gasteiger partial charge in [0, 0.05) is 6.07 Å². The highest BCUT2D eigenvalue weighted by atomic mass is 35.5. The maximum atomic E-state index is 11.5. The summed E-state index contributed by atoms with van der Waals surface area (Å²) >= 11 is 11.6. The molecule has 8 heteroatoms. The van der Waals surface area contributed by atoms with E-state index in [-0.39, 0.29) is 18.9 Å². The van der Waals surface area contributed by atoms with Gasteiger partial charge in [-0.3, -0.25) is 9.89 Å². The van der Waals surface area contributed by atoms with E-state index in [9.17, 15) is 4.79 Å². The van der Waals surface area contributed by atoms with Crippen molar-refractivity contribution in [1.82, 2.24) is 20.5 Å². The topological polar surface area (TPSA) is 79.9 Å². The van der Waals surface area contributed by atoms with Crippen LogP contribution in [0.3, 0.4) is 0 Å². The average Bonchev–Trinajstić information content (AvgIpc) is 2.94. The summed E-state index contributed by atoms with van der Waals surface area (Å²) in [4.78, 5) is 15.4. The van der Waals surface area contributed by atoms with Gasteiger partial charge in [-0.1, -0.05) is 23.2 Å². The van der Waals surface area contributed by atoms with Crippen molar-refractivity contribution in [2.24, 2.45) is 0 Å². The van der Waals surface area contributed by atoms with Crippen LogP contribution in [0.5, 0.6) is 5.75 Å². The van der Waals surface area contributed by atoms with E-state index in [2.05, 4.69) is 20.5 Å². The third-order valence-corrected chi connectivity index (χ3v) is 3.15. The molecule has 1 amide bonds. The van der Waals surface area contributed by atoms with E-state index < -0.39 is 0 Å². The predicted octanol–water partition coefficient (Wildman–Crippen LogP) is 2.20. The summed E-state index contributed by atoms with van der Waals surface area (Å²) in [5, 5.41) is 9.90. The zero-order valence-electron chi connectivity index (χ0n) is 10.4. The van der Waals surface area contributed by atoms with Gasteiger partial charge in [0.2, 0.25) is 5.91 Å². The number of ether oxygens (including phenoxy) is 1. The first kappa shape index (κ1) is 14.6. The van der Waals surface area contributed by atoms with Gasteiger partial charge in [-0.25, -0.2) is 4.98 Å². The van der Waals surface area contributed by atoms with Crippen LogP contribution in [0.1, 0.15) is 12.2 Å². The second-order valence-electron chi connectivity index (χ2n) is 3.88. The molecule has 0 saturated carbocycles. The number of nitrogens with one attached hydrogen (secondary N) is 2. The minimum Gasteiger partial charge on any atom is -0.493 e. The number of rotatable bonds is 6. The number of halogens is 2. The summed E-state index contributed by atoms with van der Waals surface area (Å²) < 4.78 is 5.41. The van der Waals surface area contributed by atoms with Crippen molar-refractivity contribution in [2.45, 2.75) is 13.0 Å². The first-order chi connectivity index (χ1) is 9.65. The largest absolute Gasteiger partial charge is 0.493 e. The Morgan fingerprint density at radius 1 is 1.35 bits per heavy atom. The molecule has 0 radical (unpaired) electrons. The number of carbonyl (C=O) groups excluding carboxylic acids is 1. The molecular formula is C12H12Cl2N4O2. The van der Waals surface area contributed by atoms with E-state index >= 15 is 0 Å². The van der Waals surface area contributed by atoms with Crippen molar-refractivity contribution >= 4 is 29.1 Å². The Morgan fingerprint density at radius 3 is 2.90 bits per heavy atom. The van der Waals surface area contributed by atoms with Gasteiger partial charge >= 0.3 is 0 Å². The number of nitrogens with zero attached hydrogens (tertiary/aromatic N) is 2. The molecule has 2 rings (SSSR count). The molecule has 0 saturated heterocycles. The van der Waals surface area contributed by atoms with E-state index in [0.717, 1.165) is 0 Å². The number of benzene rings is 1. The summed E-state index contributed by atoms with van der Waals surface area (Å²) in [7, 11) is 0. The number of amides is 1. The molecule has 1 aromatic carbocycles. The van der Waals surface area contributed by atoms with Crippen molar-refractivity contribution < 1.29 is 9.53 Å². The van der Waals surface area contributed by atoms with Gasteiger partial charge in [0.15, 0.2) is 0 Å². The summed E-state index contributed by atoms with van der Waals surface area (Å²) in [6, 6.07) is 4.94. The molecular weight excluding hydrogens is 303 g/mol. The Bertz CT molecular complexity index is 575. The van der Waals surface area contributed by atoms with Crippen LogP contribution in [-0.4, -0.2) is 27.7 Å². The Balaban J connectivity index is 1.69. The Hall–Kier alpha value is -1.79. The molecule has 0 aliphatic rings. The van der Waals surface area contributed by atoms with Crippen molar-refractivity contribution in [3.8, 4) is 5.75 Å². The van der Waals surface area contributed by atoms with Crippen LogP contribution < -0.4 is 10.1 Å². The lowest BCUT2D eigenvalue weighted by Crippen LogP contribution is -2.25. The second kappa shape index (κ2) is 7.12. The van der Waals surface area contributed by atoms with Gasteiger partial charge in [0.25, 0.3) is 0 Å². The van der Waals surface area contributed by atoms with Crippen LogP contribution in [0.15, 0.2) is 24.5 Å². The van der Waals surface area contributed by atoms with Gasteiger partial charge in [-0.15, -0.1) is 0 Å². The molecule has 2 aromatic rings. The van der Waals surface area contributed by atoms with Crippen LogP contribution in [-0.2, 0) is 11.3 Å². The van der Waals surface area contributed by atoms with Gasteiger partial charge in [0.05, 0.1) is 29.6 Å². The number of aromatic amines is 1. The molecule has 0 atom stereocenters.